The molecule has 0 bridgehead atoms. The van der Waals surface area contributed by atoms with Crippen LogP contribution in [0.2, 0.25) is 0 Å². The SMILES string of the molecule is CC(CCc1ccccc1)NC(=O)C=C1Sc2ccccc2N(C)C1=O. The van der Waals surface area contributed by atoms with E-state index in [1.807, 2.05) is 49.4 Å². The number of rotatable bonds is 5. The largest absolute Gasteiger partial charge is 0.350 e. The maximum atomic E-state index is 12.5. The average molecular weight is 366 g/mol. The first-order chi connectivity index (χ1) is 12.5. The molecule has 134 valence electrons. The van der Waals surface area contributed by atoms with Crippen LogP contribution in [0, 0.1) is 0 Å². The van der Waals surface area contributed by atoms with Crippen LogP contribution in [0.5, 0.6) is 0 Å². The van der Waals surface area contributed by atoms with E-state index in [0.29, 0.717) is 4.91 Å². The van der Waals surface area contributed by atoms with Crippen molar-refractivity contribution in [2.45, 2.75) is 30.7 Å². The Morgan fingerprint density at radius 3 is 2.62 bits per heavy atom. The van der Waals surface area contributed by atoms with E-state index >= 15 is 0 Å². The number of carbonyl (C=O) groups is 2. The summed E-state index contributed by atoms with van der Waals surface area (Å²) in [4.78, 5) is 27.8. The fourth-order valence-electron chi connectivity index (χ4n) is 2.85. The first-order valence-electron chi connectivity index (χ1n) is 8.65. The van der Waals surface area contributed by atoms with E-state index in [1.165, 1.54) is 23.4 Å². The van der Waals surface area contributed by atoms with Gasteiger partial charge in [-0.3, -0.25) is 9.59 Å². The topological polar surface area (TPSA) is 49.4 Å². The molecule has 0 saturated heterocycles. The number of benzene rings is 2. The van der Waals surface area contributed by atoms with Crippen molar-refractivity contribution in [1.82, 2.24) is 5.32 Å². The Labute approximate surface area is 158 Å². The molecule has 2 aromatic rings. The van der Waals surface area contributed by atoms with Crippen LogP contribution in [-0.4, -0.2) is 24.9 Å². The fourth-order valence-corrected chi connectivity index (χ4v) is 3.94. The highest BCUT2D eigenvalue weighted by atomic mass is 32.2. The molecule has 1 N–H and O–H groups in total. The Bertz CT molecular complexity index is 833. The zero-order valence-corrected chi connectivity index (χ0v) is 15.8. The molecule has 0 fully saturated rings. The summed E-state index contributed by atoms with van der Waals surface area (Å²) in [7, 11) is 1.73. The number of para-hydroxylation sites is 1. The lowest BCUT2D eigenvalue weighted by atomic mass is 10.1. The maximum Gasteiger partial charge on any atom is 0.265 e. The Hall–Kier alpha value is -2.53. The Morgan fingerprint density at radius 1 is 1.15 bits per heavy atom. The van der Waals surface area contributed by atoms with Crippen LogP contribution >= 0.6 is 11.8 Å². The molecule has 1 unspecified atom stereocenters. The van der Waals surface area contributed by atoms with Crippen LogP contribution in [0.4, 0.5) is 5.69 Å². The molecule has 0 saturated carbocycles. The Balaban J connectivity index is 1.60. The summed E-state index contributed by atoms with van der Waals surface area (Å²) in [6.07, 6.45) is 3.17. The molecule has 0 radical (unpaired) electrons. The minimum Gasteiger partial charge on any atom is -0.350 e. The molecular formula is C21H22N2O2S. The predicted molar refractivity (Wildman–Crippen MR) is 106 cm³/mol. The van der Waals surface area contributed by atoms with E-state index < -0.39 is 0 Å². The van der Waals surface area contributed by atoms with Crippen molar-refractivity contribution < 1.29 is 9.59 Å². The molecule has 0 aliphatic carbocycles. The highest BCUT2D eigenvalue weighted by Crippen LogP contribution is 2.40. The minimum atomic E-state index is -0.228. The maximum absolute atomic E-state index is 12.5. The number of fused-ring (bicyclic) bond motifs is 1. The van der Waals surface area contributed by atoms with Gasteiger partial charge in [0.05, 0.1) is 10.6 Å². The summed E-state index contributed by atoms with van der Waals surface area (Å²) in [6.45, 7) is 1.98. The molecule has 1 aliphatic rings. The van der Waals surface area contributed by atoms with Crippen LogP contribution in [0.15, 0.2) is 70.5 Å². The third kappa shape index (κ3) is 4.35. The number of aryl methyl sites for hydroxylation is 1. The van der Waals surface area contributed by atoms with Crippen molar-refractivity contribution in [2.24, 2.45) is 0 Å². The molecule has 5 heteroatoms. The lowest BCUT2D eigenvalue weighted by molar-refractivity contribution is -0.118. The predicted octanol–water partition coefficient (Wildman–Crippen LogP) is 3.78. The number of thioether (sulfide) groups is 1. The van der Waals surface area contributed by atoms with Gasteiger partial charge in [0.25, 0.3) is 5.91 Å². The van der Waals surface area contributed by atoms with Crippen LogP contribution in [0.3, 0.4) is 0 Å². The monoisotopic (exact) mass is 366 g/mol. The van der Waals surface area contributed by atoms with E-state index in [9.17, 15) is 9.59 Å². The molecule has 26 heavy (non-hydrogen) atoms. The van der Waals surface area contributed by atoms with Crippen molar-refractivity contribution >= 4 is 29.3 Å². The van der Waals surface area contributed by atoms with Gasteiger partial charge in [0.1, 0.15) is 0 Å². The first kappa shape index (κ1) is 18.3. The number of nitrogens with zero attached hydrogens (tertiary/aromatic N) is 1. The van der Waals surface area contributed by atoms with Gasteiger partial charge < -0.3 is 10.2 Å². The number of carbonyl (C=O) groups excluding carboxylic acids is 2. The highest BCUT2D eigenvalue weighted by molar-refractivity contribution is 8.04. The van der Waals surface area contributed by atoms with E-state index in [4.69, 9.17) is 0 Å². The Morgan fingerprint density at radius 2 is 1.85 bits per heavy atom. The summed E-state index contributed by atoms with van der Waals surface area (Å²) in [5.41, 5.74) is 2.12. The van der Waals surface area contributed by atoms with Gasteiger partial charge in [0, 0.05) is 24.1 Å². The van der Waals surface area contributed by atoms with Crippen LogP contribution in [0.25, 0.3) is 0 Å². The lowest BCUT2D eigenvalue weighted by Crippen LogP contribution is -2.34. The molecule has 2 amide bonds. The molecule has 2 aromatic carbocycles. The Kier molecular flexibility index (Phi) is 5.78. The highest BCUT2D eigenvalue weighted by Gasteiger charge is 2.26. The van der Waals surface area contributed by atoms with E-state index in [1.54, 1.807) is 11.9 Å². The van der Waals surface area contributed by atoms with Crippen molar-refractivity contribution in [3.05, 3.63) is 71.1 Å². The summed E-state index contributed by atoms with van der Waals surface area (Å²) >= 11 is 1.34. The summed E-state index contributed by atoms with van der Waals surface area (Å²) in [5, 5.41) is 2.96. The molecule has 1 heterocycles. The second-order valence-corrected chi connectivity index (χ2v) is 7.46. The molecule has 4 nitrogen and oxygen atoms in total. The van der Waals surface area contributed by atoms with Gasteiger partial charge >= 0.3 is 0 Å². The number of nitrogens with one attached hydrogen (secondary N) is 1. The van der Waals surface area contributed by atoms with Gasteiger partial charge in [0.15, 0.2) is 0 Å². The third-order valence-electron chi connectivity index (χ3n) is 4.32. The van der Waals surface area contributed by atoms with Gasteiger partial charge in [-0.2, -0.15) is 0 Å². The lowest BCUT2D eigenvalue weighted by Gasteiger charge is -2.26. The van der Waals surface area contributed by atoms with Crippen molar-refractivity contribution in [3.63, 3.8) is 0 Å². The normalized spacial score (nSPS) is 16.3. The fraction of sp³-hybridized carbons (Fsp3) is 0.238. The van der Waals surface area contributed by atoms with Gasteiger partial charge in [-0.15, -0.1) is 0 Å². The zero-order valence-electron chi connectivity index (χ0n) is 14.9. The molecule has 1 atom stereocenters. The molecular weight excluding hydrogens is 344 g/mol. The van der Waals surface area contributed by atoms with E-state index in [-0.39, 0.29) is 17.9 Å². The van der Waals surface area contributed by atoms with Crippen LogP contribution < -0.4 is 10.2 Å². The molecule has 0 spiro atoms. The van der Waals surface area contributed by atoms with Crippen molar-refractivity contribution in [2.75, 3.05) is 11.9 Å². The smallest absolute Gasteiger partial charge is 0.265 e. The summed E-state index contributed by atoms with van der Waals surface area (Å²) < 4.78 is 0. The van der Waals surface area contributed by atoms with Crippen molar-refractivity contribution in [1.29, 1.82) is 0 Å². The second kappa shape index (κ2) is 8.23. The van der Waals surface area contributed by atoms with E-state index in [2.05, 4.69) is 17.4 Å². The summed E-state index contributed by atoms with van der Waals surface area (Å²) in [6, 6.07) is 17.9. The van der Waals surface area contributed by atoms with E-state index in [0.717, 1.165) is 23.4 Å². The van der Waals surface area contributed by atoms with Crippen molar-refractivity contribution in [3.8, 4) is 0 Å². The van der Waals surface area contributed by atoms with Crippen LogP contribution in [0.1, 0.15) is 18.9 Å². The molecule has 1 aliphatic heterocycles. The number of anilines is 1. The number of hydrogen-bond acceptors (Lipinski definition) is 3. The molecule has 3 rings (SSSR count). The number of likely N-dealkylation sites (N-methyl/N-ethyl adjacent to an activating group) is 1. The van der Waals surface area contributed by atoms with Gasteiger partial charge in [-0.25, -0.2) is 0 Å². The van der Waals surface area contributed by atoms with Gasteiger partial charge in [-0.05, 0) is 37.5 Å². The number of hydrogen-bond donors (Lipinski definition) is 1. The second-order valence-electron chi connectivity index (χ2n) is 6.38. The quantitative estimate of drug-likeness (QED) is 0.820. The number of amides is 2. The molecule has 0 aromatic heterocycles. The van der Waals surface area contributed by atoms with Gasteiger partial charge in [0.2, 0.25) is 5.91 Å². The van der Waals surface area contributed by atoms with Crippen LogP contribution in [-0.2, 0) is 16.0 Å². The van der Waals surface area contributed by atoms with Gasteiger partial charge in [-0.1, -0.05) is 54.2 Å². The standard InChI is InChI=1S/C21H22N2O2S/c1-15(12-13-16-8-4-3-5-9-16)22-20(24)14-19-21(25)23(2)17-10-6-7-11-18(17)26-19/h3-11,14-15H,12-13H2,1-2H3,(H,22,24). The minimum absolute atomic E-state index is 0.0354. The average Bonchev–Trinajstić information content (AvgIpc) is 2.65. The zero-order chi connectivity index (χ0) is 18.5. The third-order valence-corrected chi connectivity index (χ3v) is 5.40. The first-order valence-corrected chi connectivity index (χ1v) is 9.47. The summed E-state index contributed by atoms with van der Waals surface area (Å²) in [5.74, 6) is -0.380.